The van der Waals surface area contributed by atoms with Crippen LogP contribution in [0.4, 0.5) is 0 Å². The second-order valence-corrected chi connectivity index (χ2v) is 6.35. The molecule has 0 fully saturated rings. The van der Waals surface area contributed by atoms with Gasteiger partial charge < -0.3 is 4.90 Å². The maximum Gasteiger partial charge on any atom is 0.223 e. The number of carbonyl (C=O) groups excluding carboxylic acids is 1. The normalized spacial score (nSPS) is 13.8. The zero-order valence-electron chi connectivity index (χ0n) is 12.2. The summed E-state index contributed by atoms with van der Waals surface area (Å²) in [6, 6.07) is 13.7. The Bertz CT molecular complexity index is 679. The van der Waals surface area contributed by atoms with Gasteiger partial charge in [0.25, 0.3) is 0 Å². The number of hydrogen-bond acceptors (Lipinski definition) is 1. The fourth-order valence-electron chi connectivity index (χ4n) is 2.87. The second-order valence-electron chi connectivity index (χ2n) is 5.53. The average Bonchev–Trinajstić information content (AvgIpc) is 2.53. The summed E-state index contributed by atoms with van der Waals surface area (Å²) in [6.45, 7) is 1.48. The molecule has 0 saturated carbocycles. The lowest BCUT2D eigenvalue weighted by molar-refractivity contribution is -0.132. The third-order valence-corrected chi connectivity index (χ3v) is 4.84. The Hall–Kier alpha value is -1.51. The quantitative estimate of drug-likeness (QED) is 0.809. The highest BCUT2D eigenvalue weighted by Gasteiger charge is 2.20. The number of benzene rings is 2. The molecule has 2 nitrogen and oxygen atoms in total. The van der Waals surface area contributed by atoms with Crippen LogP contribution in [-0.2, 0) is 24.2 Å². The van der Waals surface area contributed by atoms with Crippen molar-refractivity contribution in [3.05, 3.63) is 69.2 Å². The number of hydrogen-bond donors (Lipinski definition) is 0. The first-order chi connectivity index (χ1) is 10.6. The van der Waals surface area contributed by atoms with Crippen LogP contribution in [0.3, 0.4) is 0 Å². The summed E-state index contributed by atoms with van der Waals surface area (Å²) in [7, 11) is 0. The Balaban J connectivity index is 1.64. The number of amides is 1. The highest BCUT2D eigenvalue weighted by atomic mass is 35.5. The predicted octanol–water partition coefficient (Wildman–Crippen LogP) is 4.51. The van der Waals surface area contributed by atoms with E-state index in [4.69, 9.17) is 23.2 Å². The summed E-state index contributed by atoms with van der Waals surface area (Å²) in [5.74, 6) is 0.158. The molecule has 2 aromatic rings. The van der Waals surface area contributed by atoms with Gasteiger partial charge in [-0.05, 0) is 41.7 Å². The van der Waals surface area contributed by atoms with E-state index in [2.05, 4.69) is 18.2 Å². The molecule has 22 heavy (non-hydrogen) atoms. The van der Waals surface area contributed by atoms with E-state index in [9.17, 15) is 4.79 Å². The first-order valence-electron chi connectivity index (χ1n) is 7.42. The predicted molar refractivity (Wildman–Crippen MR) is 90.3 cm³/mol. The van der Waals surface area contributed by atoms with Crippen molar-refractivity contribution in [3.8, 4) is 0 Å². The van der Waals surface area contributed by atoms with Gasteiger partial charge >= 0.3 is 0 Å². The molecule has 2 aromatic carbocycles. The SMILES string of the molecule is O=C(CCc1c(Cl)cccc1Cl)N1CCc2ccccc2C1. The van der Waals surface area contributed by atoms with Crippen LogP contribution in [0, 0.1) is 0 Å². The van der Waals surface area contributed by atoms with E-state index in [-0.39, 0.29) is 5.91 Å². The lowest BCUT2D eigenvalue weighted by atomic mass is 9.99. The van der Waals surface area contributed by atoms with Gasteiger partial charge in [0, 0.05) is 29.6 Å². The van der Waals surface area contributed by atoms with Gasteiger partial charge in [-0.25, -0.2) is 0 Å². The van der Waals surface area contributed by atoms with Crippen LogP contribution >= 0.6 is 23.2 Å². The highest BCUT2D eigenvalue weighted by Crippen LogP contribution is 2.26. The molecule has 0 radical (unpaired) electrons. The van der Waals surface area contributed by atoms with Crippen LogP contribution in [-0.4, -0.2) is 17.4 Å². The van der Waals surface area contributed by atoms with Crippen molar-refractivity contribution in [2.24, 2.45) is 0 Å². The molecule has 0 atom stereocenters. The van der Waals surface area contributed by atoms with Gasteiger partial charge in [-0.15, -0.1) is 0 Å². The third kappa shape index (κ3) is 3.29. The molecule has 3 rings (SSSR count). The van der Waals surface area contributed by atoms with E-state index in [1.807, 2.05) is 29.2 Å². The van der Waals surface area contributed by atoms with Gasteiger partial charge in [-0.2, -0.15) is 0 Å². The van der Waals surface area contributed by atoms with Gasteiger partial charge in [0.1, 0.15) is 0 Å². The minimum Gasteiger partial charge on any atom is -0.338 e. The smallest absolute Gasteiger partial charge is 0.223 e. The first kappa shape index (κ1) is 15.4. The van der Waals surface area contributed by atoms with Crippen LogP contribution < -0.4 is 0 Å². The summed E-state index contributed by atoms with van der Waals surface area (Å²) in [5.41, 5.74) is 3.45. The molecule has 1 aliphatic heterocycles. The molecular weight excluding hydrogens is 317 g/mol. The molecule has 0 aromatic heterocycles. The Labute approximate surface area is 140 Å². The lowest BCUT2D eigenvalue weighted by Crippen LogP contribution is -2.36. The van der Waals surface area contributed by atoms with Gasteiger partial charge in [0.2, 0.25) is 5.91 Å². The van der Waals surface area contributed by atoms with Crippen molar-refractivity contribution in [2.75, 3.05) is 6.54 Å². The molecule has 0 spiro atoms. The van der Waals surface area contributed by atoms with Crippen molar-refractivity contribution >= 4 is 29.1 Å². The van der Waals surface area contributed by atoms with Crippen molar-refractivity contribution in [3.63, 3.8) is 0 Å². The minimum atomic E-state index is 0.158. The number of halogens is 2. The maximum absolute atomic E-state index is 12.4. The molecule has 0 N–H and O–H groups in total. The Morgan fingerprint density at radius 1 is 1.00 bits per heavy atom. The van der Waals surface area contributed by atoms with Gasteiger partial charge in [-0.1, -0.05) is 53.5 Å². The zero-order valence-corrected chi connectivity index (χ0v) is 13.7. The van der Waals surface area contributed by atoms with Crippen LogP contribution in [0.1, 0.15) is 23.1 Å². The van der Waals surface area contributed by atoms with Gasteiger partial charge in [-0.3, -0.25) is 4.79 Å². The second kappa shape index (κ2) is 6.72. The Morgan fingerprint density at radius 3 is 2.41 bits per heavy atom. The Kier molecular flexibility index (Phi) is 4.70. The Morgan fingerprint density at radius 2 is 1.68 bits per heavy atom. The number of nitrogens with zero attached hydrogens (tertiary/aromatic N) is 1. The summed E-state index contributed by atoms with van der Waals surface area (Å²) in [5, 5.41) is 1.26. The van der Waals surface area contributed by atoms with E-state index < -0.39 is 0 Å². The van der Waals surface area contributed by atoms with E-state index in [0.29, 0.717) is 29.4 Å². The summed E-state index contributed by atoms with van der Waals surface area (Å²) >= 11 is 12.3. The average molecular weight is 334 g/mol. The lowest BCUT2D eigenvalue weighted by Gasteiger charge is -2.29. The van der Waals surface area contributed by atoms with Crippen LogP contribution in [0.15, 0.2) is 42.5 Å². The van der Waals surface area contributed by atoms with E-state index in [1.54, 1.807) is 0 Å². The topological polar surface area (TPSA) is 20.3 Å². The van der Waals surface area contributed by atoms with Crippen molar-refractivity contribution in [2.45, 2.75) is 25.8 Å². The molecule has 1 heterocycles. The van der Waals surface area contributed by atoms with Crippen LogP contribution in [0.5, 0.6) is 0 Å². The van der Waals surface area contributed by atoms with Gasteiger partial charge in [0.15, 0.2) is 0 Å². The van der Waals surface area contributed by atoms with Gasteiger partial charge in [0.05, 0.1) is 0 Å². The highest BCUT2D eigenvalue weighted by molar-refractivity contribution is 6.36. The fraction of sp³-hybridized carbons (Fsp3) is 0.278. The molecule has 114 valence electrons. The van der Waals surface area contributed by atoms with E-state index in [0.717, 1.165) is 18.5 Å². The fourth-order valence-corrected chi connectivity index (χ4v) is 3.46. The molecule has 0 saturated heterocycles. The molecule has 0 aliphatic carbocycles. The number of fused-ring (bicyclic) bond motifs is 1. The zero-order chi connectivity index (χ0) is 15.5. The van der Waals surface area contributed by atoms with Crippen molar-refractivity contribution in [1.82, 2.24) is 4.90 Å². The first-order valence-corrected chi connectivity index (χ1v) is 8.18. The monoisotopic (exact) mass is 333 g/mol. The van der Waals surface area contributed by atoms with Crippen molar-refractivity contribution < 1.29 is 4.79 Å². The van der Waals surface area contributed by atoms with Crippen molar-refractivity contribution in [1.29, 1.82) is 0 Å². The molecule has 1 amide bonds. The summed E-state index contributed by atoms with van der Waals surface area (Å²) < 4.78 is 0. The minimum absolute atomic E-state index is 0.158. The van der Waals surface area contributed by atoms with Crippen LogP contribution in [0.2, 0.25) is 10.0 Å². The van der Waals surface area contributed by atoms with E-state index in [1.165, 1.54) is 11.1 Å². The maximum atomic E-state index is 12.4. The molecule has 4 heteroatoms. The standard InChI is InChI=1S/C18H17Cl2NO/c19-16-6-3-7-17(20)15(16)8-9-18(22)21-11-10-13-4-1-2-5-14(13)12-21/h1-7H,8-12H2. The largest absolute Gasteiger partial charge is 0.338 e. The molecule has 0 bridgehead atoms. The molecule has 0 unspecified atom stereocenters. The molecule has 1 aliphatic rings. The number of rotatable bonds is 3. The summed E-state index contributed by atoms with van der Waals surface area (Å²) in [4.78, 5) is 14.4. The third-order valence-electron chi connectivity index (χ3n) is 4.13. The van der Waals surface area contributed by atoms with Crippen LogP contribution in [0.25, 0.3) is 0 Å². The molecular formula is C18H17Cl2NO. The number of carbonyl (C=O) groups is 1. The summed E-state index contributed by atoms with van der Waals surface area (Å²) in [6.07, 6.45) is 1.94. The van der Waals surface area contributed by atoms with E-state index >= 15 is 0 Å².